The molecule has 5 heteroatoms. The Labute approximate surface area is 140 Å². The standard InChI is InChI=1S/C18H37F2NO2/c1-3-4-5-6-7-8-9-10-11-12-13-18(19,20)17(23)14-16(22)15(2)21/h15-17,22-23H,3-14,21H2,1-2H3/t15-,16+,17+/m0/s1. The maximum Gasteiger partial charge on any atom is 0.273 e. The van der Waals surface area contributed by atoms with Crippen molar-refractivity contribution in [2.45, 2.75) is 115 Å². The Bertz CT molecular complexity index is 276. The van der Waals surface area contributed by atoms with Gasteiger partial charge in [-0.1, -0.05) is 64.7 Å². The SMILES string of the molecule is CCCCCCCCCCCCC(F)(F)[C@H](O)C[C@@H](O)[C@H](C)N. The monoisotopic (exact) mass is 337 g/mol. The third-order valence-corrected chi connectivity index (χ3v) is 4.42. The zero-order chi connectivity index (χ0) is 17.7. The van der Waals surface area contributed by atoms with Gasteiger partial charge in [-0.3, -0.25) is 0 Å². The molecule has 4 N–H and O–H groups in total. The average molecular weight is 337 g/mol. The van der Waals surface area contributed by atoms with Crippen molar-refractivity contribution in [2.24, 2.45) is 5.73 Å². The van der Waals surface area contributed by atoms with Gasteiger partial charge in [0.1, 0.15) is 6.10 Å². The molecule has 0 heterocycles. The molecule has 0 aliphatic heterocycles. The number of aliphatic hydroxyl groups excluding tert-OH is 2. The van der Waals surface area contributed by atoms with Crippen LogP contribution in [0.3, 0.4) is 0 Å². The summed E-state index contributed by atoms with van der Waals surface area (Å²) in [5.41, 5.74) is 5.43. The first kappa shape index (κ1) is 22.7. The smallest absolute Gasteiger partial charge is 0.273 e. The Morgan fingerprint density at radius 3 is 1.74 bits per heavy atom. The molecule has 0 saturated carbocycles. The van der Waals surface area contributed by atoms with Gasteiger partial charge >= 0.3 is 0 Å². The van der Waals surface area contributed by atoms with Crippen molar-refractivity contribution in [1.29, 1.82) is 0 Å². The van der Waals surface area contributed by atoms with Gasteiger partial charge in [-0.15, -0.1) is 0 Å². The summed E-state index contributed by atoms with van der Waals surface area (Å²) in [6, 6.07) is -0.613. The second kappa shape index (κ2) is 13.1. The highest BCUT2D eigenvalue weighted by atomic mass is 19.3. The fourth-order valence-electron chi connectivity index (χ4n) is 2.63. The van der Waals surface area contributed by atoms with E-state index < -0.39 is 24.2 Å². The molecule has 0 aromatic heterocycles. The lowest BCUT2D eigenvalue weighted by atomic mass is 9.97. The highest BCUT2D eigenvalue weighted by Gasteiger charge is 2.38. The number of rotatable bonds is 15. The molecule has 0 radical (unpaired) electrons. The molecule has 3 atom stereocenters. The second-order valence-corrected chi connectivity index (χ2v) is 6.87. The van der Waals surface area contributed by atoms with E-state index in [2.05, 4.69) is 6.92 Å². The van der Waals surface area contributed by atoms with Crippen LogP contribution in [0, 0.1) is 0 Å². The van der Waals surface area contributed by atoms with Crippen LogP contribution >= 0.6 is 0 Å². The predicted octanol–water partition coefficient (Wildman–Crippen LogP) is 4.39. The first-order valence-electron chi connectivity index (χ1n) is 9.30. The van der Waals surface area contributed by atoms with Crippen LogP contribution in [0.25, 0.3) is 0 Å². The molecule has 0 unspecified atom stereocenters. The van der Waals surface area contributed by atoms with Crippen molar-refractivity contribution < 1.29 is 19.0 Å². The normalized spacial score (nSPS) is 16.3. The van der Waals surface area contributed by atoms with Gasteiger partial charge in [-0.25, -0.2) is 8.78 Å². The molecular weight excluding hydrogens is 300 g/mol. The van der Waals surface area contributed by atoms with Crippen LogP contribution < -0.4 is 5.73 Å². The maximum absolute atomic E-state index is 13.8. The van der Waals surface area contributed by atoms with Crippen LogP contribution in [-0.2, 0) is 0 Å². The minimum Gasteiger partial charge on any atom is -0.391 e. The van der Waals surface area contributed by atoms with Crippen LogP contribution in [-0.4, -0.2) is 34.4 Å². The van der Waals surface area contributed by atoms with Gasteiger partial charge in [-0.05, 0) is 13.3 Å². The lowest BCUT2D eigenvalue weighted by Crippen LogP contribution is -2.41. The Balaban J connectivity index is 3.65. The first-order chi connectivity index (χ1) is 10.8. The average Bonchev–Trinajstić information content (AvgIpc) is 2.48. The third kappa shape index (κ3) is 11.8. The minimum absolute atomic E-state index is 0.323. The summed E-state index contributed by atoms with van der Waals surface area (Å²) >= 11 is 0. The summed E-state index contributed by atoms with van der Waals surface area (Å²) in [6.07, 6.45) is 7.20. The Morgan fingerprint density at radius 2 is 1.30 bits per heavy atom. The van der Waals surface area contributed by atoms with Gasteiger partial charge in [-0.2, -0.15) is 0 Å². The van der Waals surface area contributed by atoms with Crippen molar-refractivity contribution >= 4 is 0 Å². The van der Waals surface area contributed by atoms with E-state index in [0.29, 0.717) is 6.42 Å². The van der Waals surface area contributed by atoms with Gasteiger partial charge in [0.25, 0.3) is 5.92 Å². The van der Waals surface area contributed by atoms with Gasteiger partial charge in [0.05, 0.1) is 6.10 Å². The van der Waals surface area contributed by atoms with Crippen molar-refractivity contribution in [1.82, 2.24) is 0 Å². The number of halogens is 2. The van der Waals surface area contributed by atoms with E-state index in [1.54, 1.807) is 0 Å². The summed E-state index contributed by atoms with van der Waals surface area (Å²) in [5.74, 6) is -3.14. The van der Waals surface area contributed by atoms with E-state index in [1.165, 1.54) is 45.4 Å². The van der Waals surface area contributed by atoms with Gasteiger partial charge in [0.2, 0.25) is 0 Å². The molecule has 0 aliphatic carbocycles. The molecule has 0 rings (SSSR count). The number of aliphatic hydroxyl groups is 2. The zero-order valence-corrected chi connectivity index (χ0v) is 14.9. The first-order valence-corrected chi connectivity index (χ1v) is 9.30. The minimum atomic E-state index is -3.14. The third-order valence-electron chi connectivity index (χ3n) is 4.42. The second-order valence-electron chi connectivity index (χ2n) is 6.87. The zero-order valence-electron chi connectivity index (χ0n) is 14.9. The molecule has 3 nitrogen and oxygen atoms in total. The quantitative estimate of drug-likeness (QED) is 0.388. The fraction of sp³-hybridized carbons (Fsp3) is 1.00. The number of nitrogens with two attached hydrogens (primary N) is 1. The number of unbranched alkanes of at least 4 members (excludes halogenated alkanes) is 9. The van der Waals surface area contributed by atoms with Crippen molar-refractivity contribution in [3.63, 3.8) is 0 Å². The van der Waals surface area contributed by atoms with E-state index >= 15 is 0 Å². The lowest BCUT2D eigenvalue weighted by Gasteiger charge is -2.25. The van der Waals surface area contributed by atoms with E-state index in [9.17, 15) is 19.0 Å². The Hall–Kier alpha value is -0.260. The van der Waals surface area contributed by atoms with Gasteiger partial charge in [0, 0.05) is 18.9 Å². The van der Waals surface area contributed by atoms with E-state index in [4.69, 9.17) is 5.73 Å². The molecular formula is C18H37F2NO2. The molecule has 0 aromatic carbocycles. The lowest BCUT2D eigenvalue weighted by molar-refractivity contribution is -0.128. The van der Waals surface area contributed by atoms with E-state index in [-0.39, 0.29) is 12.8 Å². The Morgan fingerprint density at radius 1 is 0.870 bits per heavy atom. The van der Waals surface area contributed by atoms with Crippen LogP contribution in [0.5, 0.6) is 0 Å². The summed E-state index contributed by atoms with van der Waals surface area (Å²) in [5, 5.41) is 19.1. The molecule has 0 amide bonds. The summed E-state index contributed by atoms with van der Waals surface area (Å²) in [6.45, 7) is 3.74. The topological polar surface area (TPSA) is 66.5 Å². The van der Waals surface area contributed by atoms with Crippen LogP contribution in [0.15, 0.2) is 0 Å². The van der Waals surface area contributed by atoms with Crippen LogP contribution in [0.2, 0.25) is 0 Å². The van der Waals surface area contributed by atoms with Crippen LogP contribution in [0.1, 0.15) is 90.9 Å². The molecule has 0 aliphatic rings. The molecule has 23 heavy (non-hydrogen) atoms. The fourth-order valence-corrected chi connectivity index (χ4v) is 2.63. The van der Waals surface area contributed by atoms with Crippen molar-refractivity contribution in [3.05, 3.63) is 0 Å². The highest BCUT2D eigenvalue weighted by Crippen LogP contribution is 2.29. The number of alkyl halides is 2. The van der Waals surface area contributed by atoms with Gasteiger partial charge < -0.3 is 15.9 Å². The molecule has 0 spiro atoms. The number of hydrogen-bond donors (Lipinski definition) is 3. The summed E-state index contributed by atoms with van der Waals surface area (Å²) in [7, 11) is 0. The summed E-state index contributed by atoms with van der Waals surface area (Å²) < 4.78 is 27.6. The largest absolute Gasteiger partial charge is 0.391 e. The summed E-state index contributed by atoms with van der Waals surface area (Å²) in [4.78, 5) is 0. The number of hydrogen-bond acceptors (Lipinski definition) is 3. The highest BCUT2D eigenvalue weighted by molar-refractivity contribution is 4.81. The predicted molar refractivity (Wildman–Crippen MR) is 91.7 cm³/mol. The molecule has 0 saturated heterocycles. The molecule has 0 fully saturated rings. The Kier molecular flexibility index (Phi) is 12.9. The van der Waals surface area contributed by atoms with E-state index in [0.717, 1.165) is 19.3 Å². The van der Waals surface area contributed by atoms with Crippen LogP contribution in [0.4, 0.5) is 8.78 Å². The molecule has 140 valence electrons. The van der Waals surface area contributed by atoms with E-state index in [1.807, 2.05) is 0 Å². The molecule has 0 aromatic rings. The van der Waals surface area contributed by atoms with Crippen molar-refractivity contribution in [3.8, 4) is 0 Å². The van der Waals surface area contributed by atoms with Gasteiger partial charge in [0.15, 0.2) is 0 Å². The molecule has 0 bridgehead atoms. The van der Waals surface area contributed by atoms with Crippen molar-refractivity contribution in [2.75, 3.05) is 0 Å². The maximum atomic E-state index is 13.8.